The normalized spacial score (nSPS) is 10.5. The number of hydrogen-bond acceptors (Lipinski definition) is 7. The van der Waals surface area contributed by atoms with Gasteiger partial charge in [0, 0.05) is 5.39 Å². The molecular weight excluding hydrogens is 400 g/mol. The number of H-pyrrole nitrogens is 1. The van der Waals surface area contributed by atoms with Crippen molar-refractivity contribution in [1.82, 2.24) is 15.2 Å². The van der Waals surface area contributed by atoms with E-state index in [9.17, 15) is 14.4 Å². The maximum Gasteiger partial charge on any atom is 0.359 e. The number of benzene rings is 1. The Balaban J connectivity index is 1.70. The van der Waals surface area contributed by atoms with E-state index in [0.29, 0.717) is 15.9 Å². The molecule has 0 aliphatic rings. The fourth-order valence-electron chi connectivity index (χ4n) is 1.94. The first kappa shape index (κ1) is 16.3. The Labute approximate surface area is 147 Å². The molecular formula is C14H9BrN4O4S. The lowest BCUT2D eigenvalue weighted by Crippen LogP contribution is -2.22. The number of nitrogens with zero attached hydrogens (tertiary/aromatic N) is 2. The zero-order chi connectivity index (χ0) is 17.1. The minimum atomic E-state index is -0.807. The van der Waals surface area contributed by atoms with E-state index in [2.05, 4.69) is 36.4 Å². The second-order valence-electron chi connectivity index (χ2n) is 4.54. The average Bonchev–Trinajstić information content (AvgIpc) is 2.98. The van der Waals surface area contributed by atoms with Crippen LogP contribution in [0.25, 0.3) is 10.8 Å². The smallest absolute Gasteiger partial charge is 0.359 e. The number of nitrogens with one attached hydrogen (secondary N) is 2. The molecule has 0 atom stereocenters. The summed E-state index contributed by atoms with van der Waals surface area (Å²) in [6.07, 6.45) is 1.54. The minimum Gasteiger partial charge on any atom is -0.451 e. The SMILES string of the molecule is O=C(COC(=O)c1n[nH]c(=O)c2ccccc12)Nc1ncc(Br)s1. The molecule has 24 heavy (non-hydrogen) atoms. The molecule has 0 fully saturated rings. The number of amides is 1. The Hall–Kier alpha value is -2.59. The number of aromatic amines is 1. The highest BCUT2D eigenvalue weighted by Gasteiger charge is 2.17. The van der Waals surface area contributed by atoms with Gasteiger partial charge in [0.2, 0.25) is 0 Å². The molecule has 8 nitrogen and oxygen atoms in total. The van der Waals surface area contributed by atoms with E-state index in [1.54, 1.807) is 30.5 Å². The van der Waals surface area contributed by atoms with Crippen molar-refractivity contribution in [2.24, 2.45) is 0 Å². The van der Waals surface area contributed by atoms with Gasteiger partial charge in [0.1, 0.15) is 0 Å². The molecule has 10 heteroatoms. The topological polar surface area (TPSA) is 114 Å². The summed E-state index contributed by atoms with van der Waals surface area (Å²) in [5.74, 6) is -1.34. The highest BCUT2D eigenvalue weighted by molar-refractivity contribution is 9.11. The van der Waals surface area contributed by atoms with Gasteiger partial charge in [0.25, 0.3) is 11.5 Å². The lowest BCUT2D eigenvalue weighted by Gasteiger charge is -2.06. The van der Waals surface area contributed by atoms with Gasteiger partial charge in [0.05, 0.1) is 15.4 Å². The van der Waals surface area contributed by atoms with Crippen LogP contribution in [0.1, 0.15) is 10.5 Å². The van der Waals surface area contributed by atoms with Crippen LogP contribution in [0.15, 0.2) is 39.0 Å². The molecule has 1 aromatic carbocycles. The standard InChI is InChI=1S/C14H9BrN4O4S/c15-9-5-16-14(24-9)17-10(20)6-23-13(22)11-7-3-1-2-4-8(7)12(21)19-18-11/h1-5H,6H2,(H,19,21)(H,16,17,20). The lowest BCUT2D eigenvalue weighted by molar-refractivity contribution is -0.119. The van der Waals surface area contributed by atoms with Crippen LogP contribution in [0.5, 0.6) is 0 Å². The van der Waals surface area contributed by atoms with Gasteiger partial charge in [-0.1, -0.05) is 29.5 Å². The molecule has 0 saturated heterocycles. The van der Waals surface area contributed by atoms with Crippen molar-refractivity contribution < 1.29 is 14.3 Å². The number of carbonyl (C=O) groups is 2. The van der Waals surface area contributed by atoms with Crippen LogP contribution in [0.3, 0.4) is 0 Å². The largest absolute Gasteiger partial charge is 0.451 e. The Morgan fingerprint density at radius 2 is 2.04 bits per heavy atom. The average molecular weight is 409 g/mol. The zero-order valence-corrected chi connectivity index (χ0v) is 14.3. The number of hydrogen-bond donors (Lipinski definition) is 2. The van der Waals surface area contributed by atoms with Gasteiger partial charge in [0.15, 0.2) is 17.4 Å². The van der Waals surface area contributed by atoms with Crippen LogP contribution in [0, 0.1) is 0 Å². The molecule has 2 aromatic heterocycles. The molecule has 0 spiro atoms. The molecule has 3 rings (SSSR count). The van der Waals surface area contributed by atoms with Gasteiger partial charge in [-0.15, -0.1) is 0 Å². The monoisotopic (exact) mass is 408 g/mol. The van der Waals surface area contributed by atoms with Crippen LogP contribution in [-0.4, -0.2) is 33.7 Å². The van der Waals surface area contributed by atoms with Crippen LogP contribution in [0.4, 0.5) is 5.13 Å². The van der Waals surface area contributed by atoms with E-state index in [1.165, 1.54) is 11.3 Å². The fourth-order valence-corrected chi connectivity index (χ4v) is 3.06. The molecule has 0 radical (unpaired) electrons. The first-order valence-electron chi connectivity index (χ1n) is 6.60. The third-order valence-electron chi connectivity index (χ3n) is 2.95. The van der Waals surface area contributed by atoms with Crippen LogP contribution >= 0.6 is 27.3 Å². The van der Waals surface area contributed by atoms with Gasteiger partial charge in [-0.3, -0.25) is 14.9 Å². The first-order valence-corrected chi connectivity index (χ1v) is 8.21. The summed E-state index contributed by atoms with van der Waals surface area (Å²) < 4.78 is 5.71. The van der Waals surface area contributed by atoms with Crippen LogP contribution < -0.4 is 10.9 Å². The predicted molar refractivity (Wildman–Crippen MR) is 91.1 cm³/mol. The quantitative estimate of drug-likeness (QED) is 0.637. The molecule has 0 unspecified atom stereocenters. The van der Waals surface area contributed by atoms with Gasteiger partial charge < -0.3 is 4.74 Å². The lowest BCUT2D eigenvalue weighted by atomic mass is 10.1. The van der Waals surface area contributed by atoms with Gasteiger partial charge in [-0.2, -0.15) is 5.10 Å². The zero-order valence-electron chi connectivity index (χ0n) is 11.9. The number of fused-ring (bicyclic) bond motifs is 1. The molecule has 3 aromatic rings. The van der Waals surface area contributed by atoms with Crippen molar-refractivity contribution in [1.29, 1.82) is 0 Å². The number of rotatable bonds is 4. The summed E-state index contributed by atoms with van der Waals surface area (Å²) in [5, 5.41) is 9.50. The Kier molecular flexibility index (Phi) is 4.67. The fraction of sp³-hybridized carbons (Fsp3) is 0.0714. The second kappa shape index (κ2) is 6.89. The van der Waals surface area contributed by atoms with Gasteiger partial charge in [-0.05, 0) is 22.0 Å². The number of ether oxygens (including phenoxy) is 1. The van der Waals surface area contributed by atoms with E-state index in [1.807, 2.05) is 0 Å². The molecule has 0 aliphatic heterocycles. The van der Waals surface area contributed by atoms with Crippen molar-refractivity contribution in [3.63, 3.8) is 0 Å². The number of aromatic nitrogens is 3. The number of halogens is 1. The van der Waals surface area contributed by atoms with E-state index >= 15 is 0 Å². The summed E-state index contributed by atoms with van der Waals surface area (Å²) in [7, 11) is 0. The van der Waals surface area contributed by atoms with Gasteiger partial charge >= 0.3 is 5.97 Å². The highest BCUT2D eigenvalue weighted by Crippen LogP contribution is 2.22. The molecule has 2 heterocycles. The Morgan fingerprint density at radius 3 is 2.75 bits per heavy atom. The van der Waals surface area contributed by atoms with Crippen LogP contribution in [-0.2, 0) is 9.53 Å². The first-order chi connectivity index (χ1) is 11.5. The Morgan fingerprint density at radius 1 is 1.29 bits per heavy atom. The Bertz CT molecular complexity index is 984. The molecule has 2 N–H and O–H groups in total. The van der Waals surface area contributed by atoms with Gasteiger partial charge in [-0.25, -0.2) is 14.9 Å². The molecule has 1 amide bonds. The highest BCUT2D eigenvalue weighted by atomic mass is 79.9. The van der Waals surface area contributed by atoms with Crippen LogP contribution in [0.2, 0.25) is 0 Å². The number of thiazole rings is 1. The molecule has 0 saturated carbocycles. The third kappa shape index (κ3) is 3.49. The summed E-state index contributed by atoms with van der Waals surface area (Å²) in [4.78, 5) is 39.5. The molecule has 0 bridgehead atoms. The maximum atomic E-state index is 12.1. The molecule has 122 valence electrons. The summed E-state index contributed by atoms with van der Waals surface area (Å²) in [6, 6.07) is 6.50. The van der Waals surface area contributed by atoms with Crippen molar-refractivity contribution in [2.45, 2.75) is 0 Å². The summed E-state index contributed by atoms with van der Waals surface area (Å²) in [6.45, 7) is -0.495. The van der Waals surface area contributed by atoms with Crippen molar-refractivity contribution in [3.8, 4) is 0 Å². The van der Waals surface area contributed by atoms with E-state index < -0.39 is 24.0 Å². The number of carbonyl (C=O) groups excluding carboxylic acids is 2. The van der Waals surface area contributed by atoms with E-state index in [0.717, 1.165) is 3.79 Å². The van der Waals surface area contributed by atoms with E-state index in [4.69, 9.17) is 4.74 Å². The minimum absolute atomic E-state index is 0.0602. The van der Waals surface area contributed by atoms with Crippen molar-refractivity contribution >= 4 is 55.0 Å². The summed E-state index contributed by atoms with van der Waals surface area (Å²) in [5.41, 5.74) is -0.468. The van der Waals surface area contributed by atoms with Crippen molar-refractivity contribution in [3.05, 3.63) is 50.3 Å². The predicted octanol–water partition coefficient (Wildman–Crippen LogP) is 1.94. The second-order valence-corrected chi connectivity index (χ2v) is 6.95. The third-order valence-corrected chi connectivity index (χ3v) is 4.34. The van der Waals surface area contributed by atoms with Crippen molar-refractivity contribution in [2.75, 3.05) is 11.9 Å². The van der Waals surface area contributed by atoms with E-state index in [-0.39, 0.29) is 5.69 Å². The maximum absolute atomic E-state index is 12.1. The molecule has 0 aliphatic carbocycles. The number of esters is 1. The number of anilines is 1. The summed E-state index contributed by atoms with van der Waals surface area (Å²) >= 11 is 4.46.